The summed E-state index contributed by atoms with van der Waals surface area (Å²) in [4.78, 5) is 4.67. The van der Waals surface area contributed by atoms with Crippen molar-refractivity contribution in [2.24, 2.45) is 0 Å². The van der Waals surface area contributed by atoms with Crippen LogP contribution in [-0.2, 0) is 4.74 Å². The molecule has 1 aromatic rings. The zero-order chi connectivity index (χ0) is 14.5. The van der Waals surface area contributed by atoms with Crippen molar-refractivity contribution in [2.75, 3.05) is 13.2 Å². The van der Waals surface area contributed by atoms with E-state index < -0.39 is 0 Å². The molecule has 3 rings (SSSR count). The van der Waals surface area contributed by atoms with Gasteiger partial charge in [-0.15, -0.1) is 0 Å². The normalized spacial score (nSPS) is 30.4. The van der Waals surface area contributed by atoms with Crippen molar-refractivity contribution < 1.29 is 9.26 Å². The number of aromatic nitrogens is 2. The molecule has 0 spiro atoms. The number of nitrogens with one attached hydrogen (secondary N) is 1. The molecule has 1 saturated carbocycles. The Morgan fingerprint density at radius 3 is 2.86 bits per heavy atom. The van der Waals surface area contributed by atoms with Gasteiger partial charge in [0.05, 0.1) is 5.92 Å². The van der Waals surface area contributed by atoms with Crippen molar-refractivity contribution in [1.82, 2.24) is 15.5 Å². The van der Waals surface area contributed by atoms with E-state index in [9.17, 15) is 0 Å². The summed E-state index contributed by atoms with van der Waals surface area (Å²) in [7, 11) is 0. The van der Waals surface area contributed by atoms with E-state index in [-0.39, 0.29) is 6.10 Å². The largest absolute Gasteiger partial charge is 0.370 e. The summed E-state index contributed by atoms with van der Waals surface area (Å²) in [5, 5.41) is 7.86. The zero-order valence-electron chi connectivity index (χ0n) is 13.0. The molecule has 0 aromatic carbocycles. The van der Waals surface area contributed by atoms with E-state index in [2.05, 4.69) is 22.4 Å². The first-order chi connectivity index (χ1) is 10.4. The molecule has 118 valence electrons. The summed E-state index contributed by atoms with van der Waals surface area (Å²) in [6, 6.07) is 0.477. The molecular formula is C16H27N3O2. The number of ether oxygens (including phenoxy) is 1. The van der Waals surface area contributed by atoms with E-state index in [0.29, 0.717) is 12.0 Å². The lowest BCUT2D eigenvalue weighted by molar-refractivity contribution is 0.103. The summed E-state index contributed by atoms with van der Waals surface area (Å²) in [5.41, 5.74) is 0. The van der Waals surface area contributed by atoms with E-state index in [0.717, 1.165) is 50.6 Å². The Kier molecular flexibility index (Phi) is 5.25. The summed E-state index contributed by atoms with van der Waals surface area (Å²) < 4.78 is 11.3. The summed E-state index contributed by atoms with van der Waals surface area (Å²) in [6.07, 6.45) is 9.55. The first kappa shape index (κ1) is 15.0. The Bertz CT molecular complexity index is 429. The van der Waals surface area contributed by atoms with Crippen LogP contribution in [0.4, 0.5) is 0 Å². The van der Waals surface area contributed by atoms with Gasteiger partial charge in [-0.3, -0.25) is 0 Å². The van der Waals surface area contributed by atoms with E-state index >= 15 is 0 Å². The fourth-order valence-electron chi connectivity index (χ4n) is 3.49. The monoisotopic (exact) mass is 293 g/mol. The lowest BCUT2D eigenvalue weighted by atomic mass is 9.94. The van der Waals surface area contributed by atoms with E-state index in [4.69, 9.17) is 9.26 Å². The SMILES string of the molecule is CCCNC1CCCCCC1c1nc(C2CCCO2)no1. The number of rotatable bonds is 5. The fourth-order valence-corrected chi connectivity index (χ4v) is 3.49. The minimum atomic E-state index is 0.0512. The minimum absolute atomic E-state index is 0.0512. The Morgan fingerprint density at radius 2 is 2.05 bits per heavy atom. The summed E-state index contributed by atoms with van der Waals surface area (Å²) in [5.74, 6) is 1.93. The predicted octanol–water partition coefficient (Wildman–Crippen LogP) is 3.34. The molecule has 1 aromatic heterocycles. The fraction of sp³-hybridized carbons (Fsp3) is 0.875. The molecule has 1 saturated heterocycles. The van der Waals surface area contributed by atoms with Crippen LogP contribution in [0.1, 0.15) is 82.0 Å². The van der Waals surface area contributed by atoms with Crippen molar-refractivity contribution in [2.45, 2.75) is 76.4 Å². The first-order valence-corrected chi connectivity index (χ1v) is 8.57. The van der Waals surface area contributed by atoms with Crippen LogP contribution in [0.25, 0.3) is 0 Å². The molecule has 0 bridgehead atoms. The maximum absolute atomic E-state index is 5.66. The molecule has 2 heterocycles. The molecule has 3 atom stereocenters. The topological polar surface area (TPSA) is 60.2 Å². The minimum Gasteiger partial charge on any atom is -0.370 e. The molecule has 0 amide bonds. The smallest absolute Gasteiger partial charge is 0.231 e. The Balaban J connectivity index is 1.71. The highest BCUT2D eigenvalue weighted by Crippen LogP contribution is 2.33. The van der Waals surface area contributed by atoms with Crippen LogP contribution in [0.2, 0.25) is 0 Å². The van der Waals surface area contributed by atoms with Crippen molar-refractivity contribution in [3.05, 3.63) is 11.7 Å². The van der Waals surface area contributed by atoms with Gasteiger partial charge in [0.1, 0.15) is 6.10 Å². The van der Waals surface area contributed by atoms with Crippen molar-refractivity contribution in [3.63, 3.8) is 0 Å². The van der Waals surface area contributed by atoms with Gasteiger partial charge in [0.2, 0.25) is 11.7 Å². The molecule has 2 fully saturated rings. The maximum Gasteiger partial charge on any atom is 0.231 e. The van der Waals surface area contributed by atoms with Crippen LogP contribution in [0, 0.1) is 0 Å². The molecule has 2 aliphatic rings. The van der Waals surface area contributed by atoms with Crippen molar-refractivity contribution >= 4 is 0 Å². The third-order valence-electron chi connectivity index (χ3n) is 4.66. The zero-order valence-corrected chi connectivity index (χ0v) is 13.0. The molecule has 0 radical (unpaired) electrons. The lowest BCUT2D eigenvalue weighted by Crippen LogP contribution is -2.35. The maximum atomic E-state index is 5.66. The van der Waals surface area contributed by atoms with Gasteiger partial charge in [0.25, 0.3) is 0 Å². The van der Waals surface area contributed by atoms with Crippen LogP contribution in [0.15, 0.2) is 4.52 Å². The second-order valence-corrected chi connectivity index (χ2v) is 6.30. The molecule has 1 aliphatic heterocycles. The summed E-state index contributed by atoms with van der Waals surface area (Å²) in [6.45, 7) is 4.09. The van der Waals surface area contributed by atoms with Gasteiger partial charge >= 0.3 is 0 Å². The molecule has 1 N–H and O–H groups in total. The van der Waals surface area contributed by atoms with Crippen LogP contribution in [0.5, 0.6) is 0 Å². The number of hydrogen-bond acceptors (Lipinski definition) is 5. The number of hydrogen-bond donors (Lipinski definition) is 1. The van der Waals surface area contributed by atoms with Crippen LogP contribution in [0.3, 0.4) is 0 Å². The highest BCUT2D eigenvalue weighted by molar-refractivity contribution is 5.02. The third-order valence-corrected chi connectivity index (χ3v) is 4.66. The number of nitrogens with zero attached hydrogens (tertiary/aromatic N) is 2. The standard InChI is InChI=1S/C16H27N3O2/c1-2-10-17-13-8-5-3-4-7-12(13)16-18-15(19-21-16)14-9-6-11-20-14/h12-14,17H,2-11H2,1H3. The van der Waals surface area contributed by atoms with Gasteiger partial charge in [0.15, 0.2) is 0 Å². The second kappa shape index (κ2) is 7.36. The Morgan fingerprint density at radius 1 is 1.14 bits per heavy atom. The molecular weight excluding hydrogens is 266 g/mol. The van der Waals surface area contributed by atoms with E-state index in [1.807, 2.05) is 0 Å². The van der Waals surface area contributed by atoms with E-state index in [1.54, 1.807) is 0 Å². The highest BCUT2D eigenvalue weighted by Gasteiger charge is 2.31. The molecule has 1 aliphatic carbocycles. The summed E-state index contributed by atoms with van der Waals surface area (Å²) >= 11 is 0. The van der Waals surface area contributed by atoms with Gasteiger partial charge in [0, 0.05) is 12.6 Å². The Labute approximate surface area is 126 Å². The van der Waals surface area contributed by atoms with Crippen molar-refractivity contribution in [1.29, 1.82) is 0 Å². The van der Waals surface area contributed by atoms with Gasteiger partial charge in [-0.05, 0) is 38.6 Å². The van der Waals surface area contributed by atoms with Crippen LogP contribution < -0.4 is 5.32 Å². The van der Waals surface area contributed by atoms with Gasteiger partial charge < -0.3 is 14.6 Å². The average molecular weight is 293 g/mol. The second-order valence-electron chi connectivity index (χ2n) is 6.30. The first-order valence-electron chi connectivity index (χ1n) is 8.57. The highest BCUT2D eigenvalue weighted by atomic mass is 16.5. The predicted molar refractivity (Wildman–Crippen MR) is 80.1 cm³/mol. The third kappa shape index (κ3) is 3.64. The van der Waals surface area contributed by atoms with Crippen molar-refractivity contribution in [3.8, 4) is 0 Å². The van der Waals surface area contributed by atoms with Gasteiger partial charge in [-0.2, -0.15) is 4.98 Å². The van der Waals surface area contributed by atoms with Gasteiger partial charge in [-0.25, -0.2) is 0 Å². The molecule has 3 unspecified atom stereocenters. The lowest BCUT2D eigenvalue weighted by Gasteiger charge is -2.23. The molecule has 5 nitrogen and oxygen atoms in total. The van der Waals surface area contributed by atoms with Gasteiger partial charge in [-0.1, -0.05) is 31.3 Å². The van der Waals surface area contributed by atoms with Crippen LogP contribution >= 0.6 is 0 Å². The average Bonchev–Trinajstić information content (AvgIpc) is 3.13. The Hall–Kier alpha value is -0.940. The molecule has 5 heteroatoms. The molecule has 21 heavy (non-hydrogen) atoms. The van der Waals surface area contributed by atoms with Crippen LogP contribution in [-0.4, -0.2) is 29.3 Å². The van der Waals surface area contributed by atoms with E-state index in [1.165, 1.54) is 25.7 Å². The quantitative estimate of drug-likeness (QED) is 0.844.